The molecule has 0 spiro atoms. The number of halogens is 3. The molecule has 0 fully saturated rings. The first-order valence-corrected chi connectivity index (χ1v) is 12.2. The van der Waals surface area contributed by atoms with Gasteiger partial charge in [0.15, 0.2) is 11.0 Å². The number of nitrogens with zero attached hydrogens (tertiary/aromatic N) is 3. The fourth-order valence-corrected chi connectivity index (χ4v) is 4.41. The Bertz CT molecular complexity index is 1140. The van der Waals surface area contributed by atoms with Crippen molar-refractivity contribution in [1.82, 2.24) is 20.1 Å². The van der Waals surface area contributed by atoms with Gasteiger partial charge in [-0.15, -0.1) is 10.2 Å². The van der Waals surface area contributed by atoms with E-state index in [9.17, 15) is 9.59 Å². The average Bonchev–Trinajstić information content (AvgIpc) is 3.17. The van der Waals surface area contributed by atoms with Crippen LogP contribution in [0.1, 0.15) is 36.1 Å². The average molecular weight is 557 g/mol. The van der Waals surface area contributed by atoms with Gasteiger partial charge in [0.25, 0.3) is 5.91 Å². The molecule has 0 aliphatic rings. The number of nitrogens with one attached hydrogen (secondary N) is 2. The van der Waals surface area contributed by atoms with Crippen LogP contribution < -0.4 is 10.6 Å². The summed E-state index contributed by atoms with van der Waals surface area (Å²) in [5, 5.41) is 15.5. The molecule has 2 aromatic carbocycles. The molecule has 0 aliphatic carbocycles. The minimum atomic E-state index is -0.408. The molecule has 32 heavy (non-hydrogen) atoms. The maximum absolute atomic E-state index is 12.6. The van der Waals surface area contributed by atoms with E-state index in [4.69, 9.17) is 23.2 Å². The zero-order chi connectivity index (χ0) is 23.3. The molecule has 0 saturated heterocycles. The summed E-state index contributed by atoms with van der Waals surface area (Å²) in [6, 6.07) is 11.7. The number of carbonyl (C=O) groups is 2. The molecule has 0 saturated carbocycles. The highest BCUT2D eigenvalue weighted by Gasteiger charge is 2.20. The van der Waals surface area contributed by atoms with Crippen molar-refractivity contribution in [2.24, 2.45) is 0 Å². The van der Waals surface area contributed by atoms with Crippen LogP contribution in [0.3, 0.4) is 0 Å². The largest absolute Gasteiger partial charge is 0.342 e. The summed E-state index contributed by atoms with van der Waals surface area (Å²) >= 11 is 16.6. The Balaban J connectivity index is 1.63. The van der Waals surface area contributed by atoms with E-state index in [0.717, 1.165) is 4.47 Å². The Kier molecular flexibility index (Phi) is 8.58. The molecule has 7 nitrogen and oxygen atoms in total. The molecule has 0 unspecified atom stereocenters. The smallest absolute Gasteiger partial charge is 0.251 e. The van der Waals surface area contributed by atoms with Crippen molar-refractivity contribution in [1.29, 1.82) is 0 Å². The third-order valence-corrected chi connectivity index (χ3v) is 6.62. The summed E-state index contributed by atoms with van der Waals surface area (Å²) in [5.41, 5.74) is 1.11. The number of amides is 2. The van der Waals surface area contributed by atoms with Gasteiger partial charge in [0, 0.05) is 22.3 Å². The Hall–Kier alpha value is -2.07. The first kappa shape index (κ1) is 24.6. The molecule has 1 heterocycles. The van der Waals surface area contributed by atoms with Crippen LogP contribution in [0.25, 0.3) is 0 Å². The summed E-state index contributed by atoms with van der Waals surface area (Å²) in [4.78, 5) is 24.9. The van der Waals surface area contributed by atoms with Crippen molar-refractivity contribution < 1.29 is 9.59 Å². The molecule has 2 N–H and O–H groups in total. The van der Waals surface area contributed by atoms with Crippen LogP contribution in [-0.2, 0) is 11.3 Å². The lowest BCUT2D eigenvalue weighted by Gasteiger charge is -2.15. The van der Waals surface area contributed by atoms with Crippen molar-refractivity contribution in [3.8, 4) is 0 Å². The molecule has 168 valence electrons. The molecule has 3 rings (SSSR count). The number of thioether (sulfide) groups is 1. The van der Waals surface area contributed by atoms with Crippen LogP contribution in [0.2, 0.25) is 10.0 Å². The first-order valence-electron chi connectivity index (χ1n) is 9.65. The molecule has 11 heteroatoms. The van der Waals surface area contributed by atoms with Gasteiger partial charge in [-0.05, 0) is 50.2 Å². The topological polar surface area (TPSA) is 88.9 Å². The maximum atomic E-state index is 12.6. The number of benzene rings is 2. The molecule has 0 aliphatic heterocycles. The van der Waals surface area contributed by atoms with Crippen molar-refractivity contribution in [2.75, 3.05) is 11.1 Å². The standard InChI is InChI=1S/C21H20BrCl2N5O2S/c1-3-29-19(12(2)25-20(31)13-7-8-16(23)17(24)9-13)27-28-21(29)32-11-18(30)26-15-6-4-5-14(22)10-15/h4-10,12H,3,11H2,1-2H3,(H,25,31)(H,26,30)/t12-/m1/s1. The number of carbonyl (C=O) groups excluding carboxylic acids is 2. The van der Waals surface area contributed by atoms with E-state index < -0.39 is 6.04 Å². The van der Waals surface area contributed by atoms with Gasteiger partial charge in [0.2, 0.25) is 5.91 Å². The van der Waals surface area contributed by atoms with Gasteiger partial charge in [-0.1, -0.05) is 57.0 Å². The van der Waals surface area contributed by atoms with Crippen molar-refractivity contribution in [3.05, 3.63) is 68.4 Å². The number of hydrogen-bond acceptors (Lipinski definition) is 5. The van der Waals surface area contributed by atoms with Crippen molar-refractivity contribution in [2.45, 2.75) is 31.6 Å². The molecular weight excluding hydrogens is 537 g/mol. The second-order valence-corrected chi connectivity index (χ2v) is 9.43. The molecular formula is C21H20BrCl2N5O2S. The minimum Gasteiger partial charge on any atom is -0.342 e. The lowest BCUT2D eigenvalue weighted by molar-refractivity contribution is -0.113. The molecule has 3 aromatic rings. The van der Waals surface area contributed by atoms with Gasteiger partial charge >= 0.3 is 0 Å². The predicted octanol–water partition coefficient (Wildman–Crippen LogP) is 5.59. The van der Waals surface area contributed by atoms with Gasteiger partial charge in [-0.25, -0.2) is 0 Å². The van der Waals surface area contributed by atoms with E-state index in [0.29, 0.717) is 38.8 Å². The van der Waals surface area contributed by atoms with Gasteiger partial charge in [0.05, 0.1) is 21.8 Å². The van der Waals surface area contributed by atoms with Crippen LogP contribution in [0, 0.1) is 0 Å². The van der Waals surface area contributed by atoms with Crippen LogP contribution in [-0.4, -0.2) is 32.3 Å². The SMILES string of the molecule is CCn1c(SCC(=O)Nc2cccc(Br)c2)nnc1[C@@H](C)NC(=O)c1ccc(Cl)c(Cl)c1. The van der Waals surface area contributed by atoms with E-state index in [1.807, 2.05) is 42.7 Å². The van der Waals surface area contributed by atoms with E-state index in [1.165, 1.54) is 17.8 Å². The van der Waals surface area contributed by atoms with Gasteiger partial charge in [-0.2, -0.15) is 0 Å². The van der Waals surface area contributed by atoms with Crippen LogP contribution in [0.5, 0.6) is 0 Å². The van der Waals surface area contributed by atoms with E-state index in [1.54, 1.807) is 12.1 Å². The molecule has 0 bridgehead atoms. The van der Waals surface area contributed by atoms with Crippen molar-refractivity contribution in [3.63, 3.8) is 0 Å². The Labute approximate surface area is 208 Å². The van der Waals surface area contributed by atoms with Crippen LogP contribution >= 0.6 is 50.9 Å². The highest BCUT2D eigenvalue weighted by molar-refractivity contribution is 9.10. The normalized spacial score (nSPS) is 11.8. The Morgan fingerprint density at radius 2 is 1.94 bits per heavy atom. The highest BCUT2D eigenvalue weighted by Crippen LogP contribution is 2.24. The van der Waals surface area contributed by atoms with Crippen molar-refractivity contribution >= 4 is 68.4 Å². The van der Waals surface area contributed by atoms with Gasteiger partial charge in [0.1, 0.15) is 0 Å². The lowest BCUT2D eigenvalue weighted by Crippen LogP contribution is -2.28. The molecule has 0 radical (unpaired) electrons. The summed E-state index contributed by atoms with van der Waals surface area (Å²) < 4.78 is 2.76. The second kappa shape index (κ2) is 11.2. The number of rotatable bonds is 8. The summed E-state index contributed by atoms with van der Waals surface area (Å²) in [5.74, 6) is 0.315. The van der Waals surface area contributed by atoms with Crippen LogP contribution in [0.15, 0.2) is 52.1 Å². The summed E-state index contributed by atoms with van der Waals surface area (Å²) in [6.45, 7) is 4.36. The third-order valence-electron chi connectivity index (χ3n) is 4.42. The maximum Gasteiger partial charge on any atom is 0.251 e. The predicted molar refractivity (Wildman–Crippen MR) is 132 cm³/mol. The second-order valence-electron chi connectivity index (χ2n) is 6.76. The Morgan fingerprint density at radius 3 is 2.62 bits per heavy atom. The van der Waals surface area contributed by atoms with Gasteiger partial charge < -0.3 is 15.2 Å². The van der Waals surface area contributed by atoms with E-state index in [-0.39, 0.29) is 17.6 Å². The monoisotopic (exact) mass is 555 g/mol. The molecule has 2 amide bonds. The first-order chi connectivity index (χ1) is 15.3. The number of hydrogen-bond donors (Lipinski definition) is 2. The number of aromatic nitrogens is 3. The molecule has 1 atom stereocenters. The number of anilines is 1. The fourth-order valence-electron chi connectivity index (χ4n) is 2.90. The lowest BCUT2D eigenvalue weighted by atomic mass is 10.2. The zero-order valence-electron chi connectivity index (χ0n) is 17.2. The summed E-state index contributed by atoms with van der Waals surface area (Å²) in [6.07, 6.45) is 0. The zero-order valence-corrected chi connectivity index (χ0v) is 21.1. The quantitative estimate of drug-likeness (QED) is 0.353. The fraction of sp³-hybridized carbons (Fsp3) is 0.238. The third kappa shape index (κ3) is 6.25. The minimum absolute atomic E-state index is 0.152. The Morgan fingerprint density at radius 1 is 1.16 bits per heavy atom. The highest BCUT2D eigenvalue weighted by atomic mass is 79.9. The van der Waals surface area contributed by atoms with E-state index in [2.05, 4.69) is 36.8 Å². The van der Waals surface area contributed by atoms with E-state index >= 15 is 0 Å². The molecule has 1 aromatic heterocycles. The van der Waals surface area contributed by atoms with Gasteiger partial charge in [-0.3, -0.25) is 9.59 Å². The van der Waals surface area contributed by atoms with Crippen LogP contribution in [0.4, 0.5) is 5.69 Å². The summed E-state index contributed by atoms with van der Waals surface area (Å²) in [7, 11) is 0.